The third-order valence-electron chi connectivity index (χ3n) is 6.86. The molecule has 0 spiro atoms. The van der Waals surface area contributed by atoms with E-state index in [4.69, 9.17) is 47.4 Å². The van der Waals surface area contributed by atoms with E-state index in [0.29, 0.717) is 0 Å². The number of esters is 8. The van der Waals surface area contributed by atoms with Crippen molar-refractivity contribution in [3.8, 4) is 0 Å². The zero-order chi connectivity index (χ0) is 41.5. The highest BCUT2D eigenvalue weighted by Crippen LogP contribution is 2.33. The van der Waals surface area contributed by atoms with E-state index in [1.54, 1.807) is 0 Å². The van der Waals surface area contributed by atoms with Crippen LogP contribution in [0.25, 0.3) is 0 Å². The molecule has 4 unspecified atom stereocenters. The molecule has 0 aromatic rings. The third-order valence-corrected chi connectivity index (χ3v) is 6.86. The Hall–Kier alpha value is -4.93. The minimum Gasteiger partial charge on any atom is -0.463 e. The molecule has 0 aliphatic carbocycles. The highest BCUT2D eigenvalue weighted by atomic mass is 16.8. The van der Waals surface area contributed by atoms with Gasteiger partial charge in [-0.1, -0.05) is 0 Å². The largest absolute Gasteiger partial charge is 0.463 e. The highest BCUT2D eigenvalue weighted by Gasteiger charge is 2.56. The van der Waals surface area contributed by atoms with Crippen LogP contribution in [0.15, 0.2) is 0 Å². The molecule has 1 heterocycles. The van der Waals surface area contributed by atoms with Crippen LogP contribution in [0.2, 0.25) is 0 Å². The van der Waals surface area contributed by atoms with Gasteiger partial charge in [-0.25, -0.2) is 0 Å². The predicted molar refractivity (Wildman–Crippen MR) is 172 cm³/mol. The lowest BCUT2D eigenvalue weighted by molar-refractivity contribution is -0.331. The molecule has 1 fully saturated rings. The smallest absolute Gasteiger partial charge is 0.303 e. The molecule has 0 bridgehead atoms. The first-order valence-corrected chi connectivity index (χ1v) is 16.3. The zero-order valence-electron chi connectivity index (χ0n) is 31.5. The Morgan fingerprint density at radius 1 is 0.630 bits per heavy atom. The standard InChI is InChI=1S/C32H48N2O20/c1-14(35)45-11-22(47-16(3)37)25(26(49-18(5)39)28(51-20(7)41)30(43)33-13-32(9,10)34-44)54-31-29(52-21(8)42)27(50-19(6)40)24(48-17(4)38)23(53-31)12-46-15(2)36/h22-29,31,34,44H,11-13H2,1-10H3,(H,33,43)/t22?,23?,24-,25-,26+,27-,28?,29?,31-/m0/s1. The first-order chi connectivity index (χ1) is 25.0. The summed E-state index contributed by atoms with van der Waals surface area (Å²) in [7, 11) is 0. The van der Waals surface area contributed by atoms with Crippen molar-refractivity contribution in [1.82, 2.24) is 10.8 Å². The van der Waals surface area contributed by atoms with Crippen molar-refractivity contribution in [3.63, 3.8) is 0 Å². The summed E-state index contributed by atoms with van der Waals surface area (Å²) in [4.78, 5) is 112. The number of carbonyl (C=O) groups is 9. The Balaban J connectivity index is 4.16. The van der Waals surface area contributed by atoms with Crippen molar-refractivity contribution in [2.75, 3.05) is 19.8 Å². The molecule has 0 aromatic carbocycles. The van der Waals surface area contributed by atoms with E-state index in [9.17, 15) is 48.4 Å². The van der Waals surface area contributed by atoms with E-state index >= 15 is 0 Å². The van der Waals surface area contributed by atoms with Crippen LogP contribution >= 0.6 is 0 Å². The van der Waals surface area contributed by atoms with Gasteiger partial charge in [0.25, 0.3) is 5.91 Å². The van der Waals surface area contributed by atoms with Crippen LogP contribution in [-0.4, -0.2) is 139 Å². The van der Waals surface area contributed by atoms with Crippen LogP contribution in [0.1, 0.15) is 69.2 Å². The van der Waals surface area contributed by atoms with Crippen molar-refractivity contribution in [1.29, 1.82) is 0 Å². The fraction of sp³-hybridized carbons (Fsp3) is 0.719. The fourth-order valence-corrected chi connectivity index (χ4v) is 4.83. The van der Waals surface area contributed by atoms with Gasteiger partial charge in [0, 0.05) is 61.9 Å². The average molecular weight is 781 g/mol. The lowest BCUT2D eigenvalue weighted by Crippen LogP contribution is -2.65. The molecule has 0 radical (unpaired) electrons. The lowest BCUT2D eigenvalue weighted by atomic mass is 9.97. The Morgan fingerprint density at radius 2 is 1.13 bits per heavy atom. The van der Waals surface area contributed by atoms with Gasteiger partial charge < -0.3 is 57.9 Å². The second-order valence-corrected chi connectivity index (χ2v) is 12.4. The summed E-state index contributed by atoms with van der Waals surface area (Å²) < 4.78 is 54.7. The predicted octanol–water partition coefficient (Wildman–Crippen LogP) is -1.31. The summed E-state index contributed by atoms with van der Waals surface area (Å²) in [6.45, 7) is 8.76. The Labute approximate surface area is 309 Å². The van der Waals surface area contributed by atoms with Gasteiger partial charge in [-0.3, -0.25) is 43.2 Å². The fourth-order valence-electron chi connectivity index (χ4n) is 4.83. The highest BCUT2D eigenvalue weighted by molar-refractivity contribution is 5.84. The summed E-state index contributed by atoms with van der Waals surface area (Å²) in [5.74, 6) is -9.09. The SMILES string of the molecule is CC(=O)OCC1O[C@@H](O[C@@H](C(COC(C)=O)OC(C)=O)[C@@H](OC(C)=O)C(OC(C)=O)C(=O)NCC(C)(C)NO)C(OC(C)=O)[C@@H](OC(C)=O)[C@H]1OC(C)=O. The van der Waals surface area contributed by atoms with E-state index in [1.165, 1.54) is 13.8 Å². The summed E-state index contributed by atoms with van der Waals surface area (Å²) in [5, 5.41) is 11.9. The molecular formula is C32H48N2O20. The number of rotatable bonds is 19. The normalized spacial score (nSPS) is 21.7. The molecule has 1 rings (SSSR count). The molecule has 22 nitrogen and oxygen atoms in total. The van der Waals surface area contributed by atoms with Gasteiger partial charge in [0.1, 0.15) is 25.4 Å². The number of carbonyl (C=O) groups excluding carboxylic acids is 9. The summed E-state index contributed by atoms with van der Waals surface area (Å²) in [6.07, 6.45) is -17.2. The number of hydroxylamine groups is 1. The molecule has 0 saturated carbocycles. The van der Waals surface area contributed by atoms with Crippen molar-refractivity contribution in [2.45, 2.75) is 130 Å². The molecule has 0 aromatic heterocycles. The monoisotopic (exact) mass is 780 g/mol. The van der Waals surface area contributed by atoms with Crippen molar-refractivity contribution < 1.29 is 95.7 Å². The molecule has 3 N–H and O–H groups in total. The molecular weight excluding hydrogens is 732 g/mol. The van der Waals surface area contributed by atoms with Crippen molar-refractivity contribution in [3.05, 3.63) is 0 Å². The topological polar surface area (TPSA) is 290 Å². The molecule has 1 aliphatic heterocycles. The molecule has 22 heteroatoms. The Morgan fingerprint density at radius 3 is 1.59 bits per heavy atom. The van der Waals surface area contributed by atoms with E-state index in [1.807, 2.05) is 5.48 Å². The Kier molecular flexibility index (Phi) is 18.9. The first-order valence-electron chi connectivity index (χ1n) is 16.3. The molecule has 54 heavy (non-hydrogen) atoms. The van der Waals surface area contributed by atoms with Gasteiger partial charge in [0.05, 0.1) is 5.54 Å². The Bertz CT molecular complexity index is 1380. The third kappa shape index (κ3) is 16.4. The maximum Gasteiger partial charge on any atom is 0.303 e. The van der Waals surface area contributed by atoms with Gasteiger partial charge in [-0.05, 0) is 13.8 Å². The van der Waals surface area contributed by atoms with Crippen LogP contribution in [0.4, 0.5) is 0 Å². The van der Waals surface area contributed by atoms with E-state index in [-0.39, 0.29) is 6.54 Å². The van der Waals surface area contributed by atoms with Crippen LogP contribution in [0.3, 0.4) is 0 Å². The quantitative estimate of drug-likeness (QED) is 0.0778. The minimum atomic E-state index is -2.16. The first kappa shape index (κ1) is 47.1. The van der Waals surface area contributed by atoms with Crippen LogP contribution in [-0.2, 0) is 90.5 Å². The molecule has 1 amide bonds. The number of amides is 1. The van der Waals surface area contributed by atoms with E-state index in [0.717, 1.165) is 55.4 Å². The second-order valence-electron chi connectivity index (χ2n) is 12.4. The maximum atomic E-state index is 13.7. The van der Waals surface area contributed by atoms with Gasteiger partial charge in [-0.2, -0.15) is 5.48 Å². The second kappa shape index (κ2) is 21.7. The van der Waals surface area contributed by atoms with Gasteiger partial charge in [-0.15, -0.1) is 0 Å². The van der Waals surface area contributed by atoms with Crippen molar-refractivity contribution in [2.24, 2.45) is 0 Å². The van der Waals surface area contributed by atoms with Crippen LogP contribution in [0, 0.1) is 0 Å². The van der Waals surface area contributed by atoms with E-state index < -0.39 is 128 Å². The number of nitrogens with one attached hydrogen (secondary N) is 2. The summed E-state index contributed by atoms with van der Waals surface area (Å²) >= 11 is 0. The number of hydrogen-bond acceptors (Lipinski definition) is 21. The van der Waals surface area contributed by atoms with Gasteiger partial charge in [0.15, 0.2) is 36.8 Å². The molecule has 9 atom stereocenters. The van der Waals surface area contributed by atoms with Crippen molar-refractivity contribution >= 4 is 53.7 Å². The minimum absolute atomic E-state index is 0.321. The lowest BCUT2D eigenvalue weighted by Gasteiger charge is -2.46. The molecule has 306 valence electrons. The zero-order valence-corrected chi connectivity index (χ0v) is 31.5. The summed E-state index contributed by atoms with van der Waals surface area (Å²) in [6, 6.07) is 0. The number of hydrogen-bond donors (Lipinski definition) is 3. The number of ether oxygens (including phenoxy) is 10. The van der Waals surface area contributed by atoms with Crippen LogP contribution < -0.4 is 10.8 Å². The molecule has 1 aliphatic rings. The van der Waals surface area contributed by atoms with Gasteiger partial charge in [0.2, 0.25) is 6.10 Å². The molecule has 1 saturated heterocycles. The summed E-state index contributed by atoms with van der Waals surface area (Å²) in [5.41, 5.74) is 0.802. The average Bonchev–Trinajstić information content (AvgIpc) is 3.03. The van der Waals surface area contributed by atoms with E-state index in [2.05, 4.69) is 5.32 Å². The maximum absolute atomic E-state index is 13.7. The van der Waals surface area contributed by atoms with Gasteiger partial charge >= 0.3 is 47.8 Å². The van der Waals surface area contributed by atoms with Crippen LogP contribution in [0.5, 0.6) is 0 Å².